The minimum atomic E-state index is -0.0268. The van der Waals surface area contributed by atoms with Crippen LogP contribution in [0.25, 0.3) is 0 Å². The summed E-state index contributed by atoms with van der Waals surface area (Å²) >= 11 is 3.44. The molecule has 5 heteroatoms. The summed E-state index contributed by atoms with van der Waals surface area (Å²) in [6, 6.07) is 5.83. The van der Waals surface area contributed by atoms with Crippen LogP contribution in [0, 0.1) is 6.92 Å². The monoisotopic (exact) mass is 347 g/mol. The van der Waals surface area contributed by atoms with Crippen LogP contribution in [-0.4, -0.2) is 15.7 Å². The molecule has 1 aliphatic carbocycles. The first-order valence-corrected chi connectivity index (χ1v) is 7.93. The second-order valence-corrected chi connectivity index (χ2v) is 6.52. The molecule has 0 saturated carbocycles. The van der Waals surface area contributed by atoms with Gasteiger partial charge in [0.15, 0.2) is 0 Å². The zero-order valence-corrected chi connectivity index (χ0v) is 13.8. The van der Waals surface area contributed by atoms with Gasteiger partial charge in [-0.3, -0.25) is 9.48 Å². The number of amides is 1. The van der Waals surface area contributed by atoms with Gasteiger partial charge in [0, 0.05) is 28.3 Å². The molecule has 1 amide bonds. The van der Waals surface area contributed by atoms with Crippen LogP contribution in [0.3, 0.4) is 0 Å². The summed E-state index contributed by atoms with van der Waals surface area (Å²) in [6.07, 6.45) is 4.96. The fourth-order valence-corrected chi connectivity index (χ4v) is 3.57. The number of hydrogen-bond acceptors (Lipinski definition) is 2. The predicted molar refractivity (Wildman–Crippen MR) is 85.2 cm³/mol. The molecule has 1 atom stereocenters. The maximum atomic E-state index is 12.5. The van der Waals surface area contributed by atoms with E-state index in [1.165, 1.54) is 5.69 Å². The Morgan fingerprint density at radius 3 is 3.00 bits per heavy atom. The Hall–Kier alpha value is -1.62. The molecule has 0 radical (unpaired) electrons. The van der Waals surface area contributed by atoms with Crippen LogP contribution in [0.5, 0.6) is 0 Å². The molecule has 1 unspecified atom stereocenters. The average Bonchev–Trinajstić information content (AvgIpc) is 2.81. The molecule has 1 aromatic heterocycles. The number of rotatable bonds is 2. The standard InChI is InChI=1S/C16H18BrN3O/c1-10-6-11(8-12(17)7-10)16(21)19-14-4-3-5-15-13(14)9-18-20(15)2/h6-9,14H,3-5H2,1-2H3,(H,19,21). The van der Waals surface area contributed by atoms with Crippen molar-refractivity contribution in [1.82, 2.24) is 15.1 Å². The van der Waals surface area contributed by atoms with E-state index in [1.54, 1.807) is 0 Å². The van der Waals surface area contributed by atoms with Gasteiger partial charge in [0.25, 0.3) is 5.91 Å². The van der Waals surface area contributed by atoms with Crippen molar-refractivity contribution in [3.8, 4) is 0 Å². The van der Waals surface area contributed by atoms with E-state index in [-0.39, 0.29) is 11.9 Å². The third-order valence-corrected chi connectivity index (χ3v) is 4.44. The van der Waals surface area contributed by atoms with Crippen molar-refractivity contribution in [1.29, 1.82) is 0 Å². The van der Waals surface area contributed by atoms with E-state index < -0.39 is 0 Å². The lowest BCUT2D eigenvalue weighted by Gasteiger charge is -2.24. The molecule has 1 aromatic carbocycles. The quantitative estimate of drug-likeness (QED) is 0.905. The Labute approximate surface area is 132 Å². The van der Waals surface area contributed by atoms with Crippen molar-refractivity contribution in [3.05, 3.63) is 51.3 Å². The second-order valence-electron chi connectivity index (χ2n) is 5.61. The van der Waals surface area contributed by atoms with E-state index in [4.69, 9.17) is 0 Å². The van der Waals surface area contributed by atoms with Gasteiger partial charge in [0.2, 0.25) is 0 Å². The molecule has 1 aliphatic rings. The number of nitrogens with one attached hydrogen (secondary N) is 1. The van der Waals surface area contributed by atoms with Crippen molar-refractivity contribution >= 4 is 21.8 Å². The summed E-state index contributed by atoms with van der Waals surface area (Å²) < 4.78 is 2.84. The zero-order chi connectivity index (χ0) is 15.0. The van der Waals surface area contributed by atoms with Gasteiger partial charge in [-0.05, 0) is 49.9 Å². The molecule has 0 fully saturated rings. The Kier molecular flexibility index (Phi) is 3.85. The highest BCUT2D eigenvalue weighted by Gasteiger charge is 2.25. The molecule has 3 rings (SSSR count). The van der Waals surface area contributed by atoms with Gasteiger partial charge in [0.05, 0.1) is 12.2 Å². The highest BCUT2D eigenvalue weighted by atomic mass is 79.9. The van der Waals surface area contributed by atoms with Gasteiger partial charge in [-0.2, -0.15) is 5.10 Å². The van der Waals surface area contributed by atoms with Crippen LogP contribution in [0.15, 0.2) is 28.9 Å². The summed E-state index contributed by atoms with van der Waals surface area (Å²) in [5.41, 5.74) is 4.15. The molecular weight excluding hydrogens is 330 g/mol. The lowest BCUT2D eigenvalue weighted by Crippen LogP contribution is -2.31. The van der Waals surface area contributed by atoms with Crippen molar-refractivity contribution in [2.24, 2.45) is 7.05 Å². The summed E-state index contributed by atoms with van der Waals surface area (Å²) in [4.78, 5) is 12.5. The summed E-state index contributed by atoms with van der Waals surface area (Å²) in [5, 5.41) is 7.46. The molecule has 2 aromatic rings. The van der Waals surface area contributed by atoms with Gasteiger partial charge in [-0.1, -0.05) is 15.9 Å². The highest BCUT2D eigenvalue weighted by molar-refractivity contribution is 9.10. The minimum absolute atomic E-state index is 0.0268. The van der Waals surface area contributed by atoms with Crippen molar-refractivity contribution in [3.63, 3.8) is 0 Å². The SMILES string of the molecule is Cc1cc(Br)cc(C(=O)NC2CCCc3c2cnn3C)c1. The number of nitrogens with zero attached hydrogens (tertiary/aromatic N) is 2. The number of benzene rings is 1. The molecule has 0 spiro atoms. The number of fused-ring (bicyclic) bond motifs is 1. The van der Waals surface area contributed by atoms with Crippen LogP contribution >= 0.6 is 15.9 Å². The van der Waals surface area contributed by atoms with E-state index in [0.29, 0.717) is 5.56 Å². The topological polar surface area (TPSA) is 46.9 Å². The summed E-state index contributed by atoms with van der Waals surface area (Å²) in [7, 11) is 1.96. The van der Waals surface area contributed by atoms with Crippen LogP contribution in [0.4, 0.5) is 0 Å². The smallest absolute Gasteiger partial charge is 0.251 e. The predicted octanol–water partition coefficient (Wildman–Crippen LogP) is 3.30. The first-order valence-electron chi connectivity index (χ1n) is 7.13. The van der Waals surface area contributed by atoms with Gasteiger partial charge < -0.3 is 5.32 Å². The largest absolute Gasteiger partial charge is 0.345 e. The Balaban J connectivity index is 1.82. The molecular formula is C16H18BrN3O. The van der Waals surface area contributed by atoms with E-state index in [1.807, 2.05) is 43.0 Å². The van der Waals surface area contributed by atoms with Crippen molar-refractivity contribution < 1.29 is 4.79 Å². The summed E-state index contributed by atoms with van der Waals surface area (Å²) in [6.45, 7) is 1.99. The van der Waals surface area contributed by atoms with Gasteiger partial charge in [0.1, 0.15) is 0 Å². The van der Waals surface area contributed by atoms with Gasteiger partial charge >= 0.3 is 0 Å². The number of carbonyl (C=O) groups is 1. The minimum Gasteiger partial charge on any atom is -0.345 e. The number of carbonyl (C=O) groups excluding carboxylic acids is 1. The molecule has 0 saturated heterocycles. The number of hydrogen-bond donors (Lipinski definition) is 1. The molecule has 110 valence electrons. The molecule has 0 aliphatic heterocycles. The number of aryl methyl sites for hydroxylation is 2. The van der Waals surface area contributed by atoms with E-state index in [2.05, 4.69) is 26.3 Å². The fourth-order valence-electron chi connectivity index (χ4n) is 2.97. The average molecular weight is 348 g/mol. The van der Waals surface area contributed by atoms with Crippen molar-refractivity contribution in [2.75, 3.05) is 0 Å². The fraction of sp³-hybridized carbons (Fsp3) is 0.375. The van der Waals surface area contributed by atoms with Crippen molar-refractivity contribution in [2.45, 2.75) is 32.2 Å². The lowest BCUT2D eigenvalue weighted by molar-refractivity contribution is 0.0932. The highest BCUT2D eigenvalue weighted by Crippen LogP contribution is 2.29. The zero-order valence-electron chi connectivity index (χ0n) is 12.2. The van der Waals surface area contributed by atoms with Crippen LogP contribution in [0.1, 0.15) is 46.1 Å². The maximum Gasteiger partial charge on any atom is 0.251 e. The Morgan fingerprint density at radius 2 is 2.24 bits per heavy atom. The van der Waals surface area contributed by atoms with Crippen LogP contribution in [0.2, 0.25) is 0 Å². The van der Waals surface area contributed by atoms with E-state index in [0.717, 1.165) is 34.9 Å². The third kappa shape index (κ3) is 2.88. The normalized spacial score (nSPS) is 17.4. The Morgan fingerprint density at radius 1 is 1.43 bits per heavy atom. The number of halogens is 1. The Bertz CT molecular complexity index is 673. The lowest BCUT2D eigenvalue weighted by atomic mass is 9.92. The molecule has 1 N–H and O–H groups in total. The van der Waals surface area contributed by atoms with Crippen LogP contribution in [-0.2, 0) is 13.5 Å². The van der Waals surface area contributed by atoms with E-state index >= 15 is 0 Å². The molecule has 1 heterocycles. The maximum absolute atomic E-state index is 12.5. The molecule has 0 bridgehead atoms. The van der Waals surface area contributed by atoms with Gasteiger partial charge in [-0.25, -0.2) is 0 Å². The van der Waals surface area contributed by atoms with Gasteiger partial charge in [-0.15, -0.1) is 0 Å². The summed E-state index contributed by atoms with van der Waals surface area (Å²) in [5.74, 6) is -0.0268. The first kappa shape index (κ1) is 14.3. The van der Waals surface area contributed by atoms with Crippen LogP contribution < -0.4 is 5.32 Å². The van der Waals surface area contributed by atoms with E-state index in [9.17, 15) is 4.79 Å². The molecule has 21 heavy (non-hydrogen) atoms. The number of aromatic nitrogens is 2. The third-order valence-electron chi connectivity index (χ3n) is 3.99. The molecule has 4 nitrogen and oxygen atoms in total. The first-order chi connectivity index (χ1) is 10.0. The second kappa shape index (κ2) is 5.64.